The van der Waals surface area contributed by atoms with Gasteiger partial charge in [0.1, 0.15) is 11.8 Å². The smallest absolute Gasteiger partial charge is 0.323 e. The quantitative estimate of drug-likeness (QED) is 0.524. The largest absolute Gasteiger partial charge is 0.491 e. The van der Waals surface area contributed by atoms with Gasteiger partial charge in [0.15, 0.2) is 19.7 Å². The minimum atomic E-state index is -4.00. The number of carbonyl (C=O) groups is 1. The third-order valence-electron chi connectivity index (χ3n) is 5.41. The highest BCUT2D eigenvalue weighted by Crippen LogP contribution is 2.28. The van der Waals surface area contributed by atoms with Gasteiger partial charge in [0.2, 0.25) is 0 Å². The molecular formula is C23H29NO7S2. The van der Waals surface area contributed by atoms with Gasteiger partial charge in [-0.05, 0) is 50.1 Å². The molecule has 2 aromatic carbocycles. The first-order valence-corrected chi connectivity index (χ1v) is 14.0. The van der Waals surface area contributed by atoms with Crippen molar-refractivity contribution in [1.29, 1.82) is 0 Å². The van der Waals surface area contributed by atoms with Crippen LogP contribution in [0.4, 0.5) is 0 Å². The number of carbonyl (C=O) groups excluding carboxylic acids is 1. The topological polar surface area (TPSA) is 116 Å². The van der Waals surface area contributed by atoms with Crippen LogP contribution in [0.3, 0.4) is 0 Å². The zero-order valence-corrected chi connectivity index (χ0v) is 20.4. The summed E-state index contributed by atoms with van der Waals surface area (Å²) < 4.78 is 62.1. The molecule has 1 heterocycles. The minimum Gasteiger partial charge on any atom is -0.491 e. The van der Waals surface area contributed by atoms with Gasteiger partial charge in [0.25, 0.3) is 0 Å². The summed E-state index contributed by atoms with van der Waals surface area (Å²) in [5.41, 5.74) is 0.835. The number of methoxy groups -OCH3 is 1. The highest BCUT2D eigenvalue weighted by atomic mass is 32.2. The Kier molecular flexibility index (Phi) is 7.81. The summed E-state index contributed by atoms with van der Waals surface area (Å²) in [5.74, 6) is -0.967. The van der Waals surface area contributed by atoms with Crippen molar-refractivity contribution in [3.8, 4) is 5.75 Å². The molecular weight excluding hydrogens is 466 g/mol. The molecule has 1 aliphatic heterocycles. The highest BCUT2D eigenvalue weighted by Gasteiger charge is 2.47. The first-order chi connectivity index (χ1) is 15.5. The summed E-state index contributed by atoms with van der Waals surface area (Å²) in [6, 6.07) is 13.2. The van der Waals surface area contributed by atoms with Gasteiger partial charge in [0.05, 0.1) is 34.9 Å². The van der Waals surface area contributed by atoms with Gasteiger partial charge < -0.3 is 9.47 Å². The number of esters is 1. The maximum absolute atomic E-state index is 13.4. The number of hydrogen-bond donors (Lipinski definition) is 1. The summed E-state index contributed by atoms with van der Waals surface area (Å²) in [4.78, 5) is 12.4. The molecule has 0 saturated carbocycles. The van der Waals surface area contributed by atoms with Crippen molar-refractivity contribution in [2.45, 2.75) is 48.6 Å². The second-order valence-corrected chi connectivity index (χ2v) is 12.7. The van der Waals surface area contributed by atoms with Crippen LogP contribution in [0.25, 0.3) is 0 Å². The van der Waals surface area contributed by atoms with Gasteiger partial charge >= 0.3 is 5.97 Å². The molecule has 0 spiro atoms. The minimum absolute atomic E-state index is 0.00480. The lowest BCUT2D eigenvalue weighted by atomic mass is 10.0. The molecule has 0 bridgehead atoms. The summed E-state index contributed by atoms with van der Waals surface area (Å²) in [7, 11) is -6.40. The molecule has 180 valence electrons. The summed E-state index contributed by atoms with van der Waals surface area (Å²) in [6.07, 6.45) is 0.166. The molecule has 3 rings (SSSR count). The zero-order chi connectivity index (χ0) is 24.2. The third kappa shape index (κ3) is 6.33. The molecule has 1 fully saturated rings. The Morgan fingerprint density at radius 3 is 2.27 bits per heavy atom. The van der Waals surface area contributed by atoms with E-state index in [1.165, 1.54) is 19.2 Å². The second-order valence-electron chi connectivity index (χ2n) is 8.34. The number of benzene rings is 2. The van der Waals surface area contributed by atoms with Gasteiger partial charge in [-0.1, -0.05) is 30.3 Å². The van der Waals surface area contributed by atoms with Crippen LogP contribution in [0.15, 0.2) is 59.5 Å². The van der Waals surface area contributed by atoms with Gasteiger partial charge in [-0.3, -0.25) is 10.1 Å². The van der Waals surface area contributed by atoms with E-state index in [-0.39, 0.29) is 23.2 Å². The van der Waals surface area contributed by atoms with Gasteiger partial charge in [-0.15, -0.1) is 0 Å². The average Bonchev–Trinajstić information content (AvgIpc) is 3.08. The van der Waals surface area contributed by atoms with E-state index in [4.69, 9.17) is 9.47 Å². The van der Waals surface area contributed by atoms with Crippen molar-refractivity contribution in [3.63, 3.8) is 0 Å². The summed E-state index contributed by atoms with van der Waals surface area (Å²) in [5, 5.41) is 1.74. The standard InChI is InChI=1S/C23H29NO7S2/c1-16(2)31-18-9-11-19(12-10-18)33(28,29)22-15-32(26,27)14-21(22)24-20(23(25)30-3)13-17-7-5-4-6-8-17/h4-12,16,20-22,24H,13-15H2,1-3H3/t20-,21-,22-/m0/s1. The molecule has 1 aliphatic rings. The monoisotopic (exact) mass is 495 g/mol. The van der Waals surface area contributed by atoms with Crippen molar-refractivity contribution in [1.82, 2.24) is 5.32 Å². The SMILES string of the molecule is COC(=O)[C@H](Cc1ccccc1)N[C@H]1CS(=O)(=O)C[C@@H]1S(=O)(=O)c1ccc(OC(C)C)cc1. The zero-order valence-electron chi connectivity index (χ0n) is 18.8. The maximum Gasteiger partial charge on any atom is 0.323 e. The number of nitrogens with one attached hydrogen (secondary N) is 1. The van der Waals surface area contributed by atoms with Gasteiger partial charge in [-0.25, -0.2) is 16.8 Å². The fourth-order valence-corrected chi connectivity index (χ4v) is 8.57. The van der Waals surface area contributed by atoms with Crippen LogP contribution in [0.2, 0.25) is 0 Å². The molecule has 1 saturated heterocycles. The van der Waals surface area contributed by atoms with E-state index < -0.39 is 48.7 Å². The van der Waals surface area contributed by atoms with E-state index in [1.54, 1.807) is 12.1 Å². The predicted molar refractivity (Wildman–Crippen MR) is 125 cm³/mol. The van der Waals surface area contributed by atoms with Gasteiger partial charge in [0, 0.05) is 6.04 Å². The fraction of sp³-hybridized carbons (Fsp3) is 0.435. The third-order valence-corrected chi connectivity index (χ3v) is 9.57. The Hall–Kier alpha value is -2.43. The highest BCUT2D eigenvalue weighted by molar-refractivity contribution is 7.96. The van der Waals surface area contributed by atoms with Crippen molar-refractivity contribution in [2.75, 3.05) is 18.6 Å². The van der Waals surface area contributed by atoms with Crippen LogP contribution in [0.5, 0.6) is 5.75 Å². The van der Waals surface area contributed by atoms with Crippen LogP contribution in [0, 0.1) is 0 Å². The number of rotatable bonds is 9. The van der Waals surface area contributed by atoms with E-state index >= 15 is 0 Å². The molecule has 1 N–H and O–H groups in total. The van der Waals surface area contributed by atoms with E-state index in [2.05, 4.69) is 5.32 Å². The lowest BCUT2D eigenvalue weighted by Crippen LogP contribution is -2.51. The Bertz CT molecular complexity index is 1160. The molecule has 2 aromatic rings. The van der Waals surface area contributed by atoms with Crippen molar-refractivity contribution in [3.05, 3.63) is 60.2 Å². The second kappa shape index (κ2) is 10.2. The first-order valence-electron chi connectivity index (χ1n) is 10.6. The Morgan fingerprint density at radius 1 is 1.06 bits per heavy atom. The van der Waals surface area contributed by atoms with Crippen molar-refractivity contribution < 1.29 is 31.1 Å². The van der Waals surface area contributed by atoms with Gasteiger partial charge in [-0.2, -0.15) is 0 Å². The molecule has 0 amide bonds. The molecule has 0 aliphatic carbocycles. The lowest BCUT2D eigenvalue weighted by Gasteiger charge is -2.25. The summed E-state index contributed by atoms with van der Waals surface area (Å²) in [6.45, 7) is 3.72. The molecule has 0 aromatic heterocycles. The maximum atomic E-state index is 13.4. The molecule has 0 unspecified atom stereocenters. The normalized spacial score (nSPS) is 21.0. The molecule has 0 radical (unpaired) electrons. The van der Waals surface area contributed by atoms with Crippen LogP contribution in [-0.2, 0) is 35.6 Å². The first kappa shape index (κ1) is 25.2. The Morgan fingerprint density at radius 2 is 1.70 bits per heavy atom. The van der Waals surface area contributed by atoms with Crippen molar-refractivity contribution in [2.24, 2.45) is 0 Å². The molecule has 8 nitrogen and oxygen atoms in total. The van der Waals surface area contributed by atoms with Crippen LogP contribution < -0.4 is 10.1 Å². The molecule has 33 heavy (non-hydrogen) atoms. The fourth-order valence-electron chi connectivity index (χ4n) is 3.89. The summed E-state index contributed by atoms with van der Waals surface area (Å²) >= 11 is 0. The van der Waals surface area contributed by atoms with E-state index in [0.717, 1.165) is 5.56 Å². The van der Waals surface area contributed by atoms with Crippen LogP contribution >= 0.6 is 0 Å². The van der Waals surface area contributed by atoms with Crippen LogP contribution in [0.1, 0.15) is 19.4 Å². The van der Waals surface area contributed by atoms with E-state index in [9.17, 15) is 21.6 Å². The van der Waals surface area contributed by atoms with Crippen LogP contribution in [-0.4, -0.2) is 64.9 Å². The van der Waals surface area contributed by atoms with Crippen molar-refractivity contribution >= 4 is 25.6 Å². The van der Waals surface area contributed by atoms with E-state index in [1.807, 2.05) is 44.2 Å². The Balaban J connectivity index is 1.87. The average molecular weight is 496 g/mol. The molecule has 3 atom stereocenters. The Labute approximate surface area is 195 Å². The lowest BCUT2D eigenvalue weighted by molar-refractivity contribution is -0.143. The number of sulfone groups is 2. The number of ether oxygens (including phenoxy) is 2. The predicted octanol–water partition coefficient (Wildman–Crippen LogP) is 1.79. The number of hydrogen-bond acceptors (Lipinski definition) is 8. The molecule has 10 heteroatoms. The van der Waals surface area contributed by atoms with E-state index in [0.29, 0.717) is 5.75 Å².